The Balaban J connectivity index is 1.95. The number of methoxy groups -OCH3 is 1. The van der Waals surface area contributed by atoms with Crippen LogP contribution in [0.3, 0.4) is 0 Å². The summed E-state index contributed by atoms with van der Waals surface area (Å²) in [5, 5.41) is 15.4. The van der Waals surface area contributed by atoms with E-state index in [1.54, 1.807) is 7.11 Å². The number of aliphatic imine (C=N–C) groups is 1. The summed E-state index contributed by atoms with van der Waals surface area (Å²) < 4.78 is 5.16. The first-order valence-electron chi connectivity index (χ1n) is 7.89. The van der Waals surface area contributed by atoms with Crippen LogP contribution in [0.25, 0.3) is 0 Å². The van der Waals surface area contributed by atoms with E-state index in [4.69, 9.17) is 10.00 Å². The summed E-state index contributed by atoms with van der Waals surface area (Å²) in [5.41, 5.74) is 2.88. The summed E-state index contributed by atoms with van der Waals surface area (Å²) in [5.74, 6) is 1.60. The van der Waals surface area contributed by atoms with E-state index in [1.807, 2.05) is 55.5 Å². The molecule has 124 valence electrons. The van der Waals surface area contributed by atoms with Crippen LogP contribution in [0.4, 0.5) is 0 Å². The molecular formula is C19H22N4O. The Kier molecular flexibility index (Phi) is 6.66. The van der Waals surface area contributed by atoms with Crippen LogP contribution in [0, 0.1) is 11.3 Å². The highest BCUT2D eigenvalue weighted by Crippen LogP contribution is 2.11. The SMILES string of the molecule is CCNC(=NCc1ccc(OC)cc1)NCc1ccc(C#N)cc1. The lowest BCUT2D eigenvalue weighted by atomic mass is 10.1. The van der Waals surface area contributed by atoms with E-state index < -0.39 is 0 Å². The maximum Gasteiger partial charge on any atom is 0.191 e. The van der Waals surface area contributed by atoms with Crippen molar-refractivity contribution < 1.29 is 4.74 Å². The van der Waals surface area contributed by atoms with Crippen LogP contribution in [0.15, 0.2) is 53.5 Å². The molecule has 2 aromatic carbocycles. The molecule has 5 nitrogen and oxygen atoms in total. The molecule has 0 amide bonds. The molecule has 0 aliphatic rings. The summed E-state index contributed by atoms with van der Waals surface area (Å²) in [4.78, 5) is 4.59. The molecule has 0 atom stereocenters. The number of benzene rings is 2. The Hall–Kier alpha value is -3.00. The second kappa shape index (κ2) is 9.21. The second-order valence-electron chi connectivity index (χ2n) is 5.21. The zero-order valence-corrected chi connectivity index (χ0v) is 14.0. The third-order valence-electron chi connectivity index (χ3n) is 3.47. The molecule has 5 heteroatoms. The minimum atomic E-state index is 0.590. The molecule has 24 heavy (non-hydrogen) atoms. The molecular weight excluding hydrogens is 300 g/mol. The Morgan fingerprint density at radius 1 is 1.04 bits per heavy atom. The molecule has 0 spiro atoms. The summed E-state index contributed by atoms with van der Waals surface area (Å²) in [6.07, 6.45) is 0. The zero-order chi connectivity index (χ0) is 17.2. The summed E-state index contributed by atoms with van der Waals surface area (Å²) in [7, 11) is 1.66. The maximum absolute atomic E-state index is 8.83. The van der Waals surface area contributed by atoms with Gasteiger partial charge in [-0.1, -0.05) is 24.3 Å². The summed E-state index contributed by atoms with van der Waals surface area (Å²) in [6.45, 7) is 4.07. The van der Waals surface area contributed by atoms with E-state index in [1.165, 1.54) is 0 Å². The van der Waals surface area contributed by atoms with E-state index in [-0.39, 0.29) is 0 Å². The molecule has 0 fully saturated rings. The van der Waals surface area contributed by atoms with Gasteiger partial charge in [0.15, 0.2) is 5.96 Å². The van der Waals surface area contributed by atoms with Gasteiger partial charge in [-0.05, 0) is 42.3 Å². The van der Waals surface area contributed by atoms with Crippen molar-refractivity contribution in [2.24, 2.45) is 4.99 Å². The van der Waals surface area contributed by atoms with Gasteiger partial charge in [-0.25, -0.2) is 4.99 Å². The second-order valence-corrected chi connectivity index (χ2v) is 5.21. The molecule has 0 saturated carbocycles. The van der Waals surface area contributed by atoms with Gasteiger partial charge in [-0.15, -0.1) is 0 Å². The first-order valence-corrected chi connectivity index (χ1v) is 7.89. The number of rotatable bonds is 6. The van der Waals surface area contributed by atoms with Gasteiger partial charge < -0.3 is 15.4 Å². The summed E-state index contributed by atoms with van der Waals surface area (Å²) in [6, 6.07) is 17.5. The van der Waals surface area contributed by atoms with Gasteiger partial charge in [-0.2, -0.15) is 5.26 Å². The predicted molar refractivity (Wildman–Crippen MR) is 95.8 cm³/mol. The highest BCUT2D eigenvalue weighted by atomic mass is 16.5. The number of nitrogens with zero attached hydrogens (tertiary/aromatic N) is 2. The Morgan fingerprint density at radius 2 is 1.71 bits per heavy atom. The summed E-state index contributed by atoms with van der Waals surface area (Å²) >= 11 is 0. The number of ether oxygens (including phenoxy) is 1. The molecule has 0 heterocycles. The molecule has 0 saturated heterocycles. The largest absolute Gasteiger partial charge is 0.497 e. The molecule has 2 N–H and O–H groups in total. The number of hydrogen-bond donors (Lipinski definition) is 2. The van der Waals surface area contributed by atoms with Gasteiger partial charge in [0, 0.05) is 13.1 Å². The first kappa shape index (κ1) is 17.4. The zero-order valence-electron chi connectivity index (χ0n) is 14.0. The van der Waals surface area contributed by atoms with Crippen LogP contribution >= 0.6 is 0 Å². The van der Waals surface area contributed by atoms with E-state index in [0.29, 0.717) is 18.7 Å². The van der Waals surface area contributed by atoms with Crippen LogP contribution in [0.2, 0.25) is 0 Å². The van der Waals surface area contributed by atoms with Gasteiger partial charge in [0.2, 0.25) is 0 Å². The lowest BCUT2D eigenvalue weighted by Crippen LogP contribution is -2.36. The third-order valence-corrected chi connectivity index (χ3v) is 3.47. The van der Waals surface area contributed by atoms with Crippen molar-refractivity contribution in [1.82, 2.24) is 10.6 Å². The monoisotopic (exact) mass is 322 g/mol. The van der Waals surface area contributed by atoms with Crippen molar-refractivity contribution in [1.29, 1.82) is 5.26 Å². The van der Waals surface area contributed by atoms with Crippen molar-refractivity contribution >= 4 is 5.96 Å². The Labute approximate surface area is 143 Å². The third kappa shape index (κ3) is 5.33. The average molecular weight is 322 g/mol. The highest BCUT2D eigenvalue weighted by molar-refractivity contribution is 5.79. The number of hydrogen-bond acceptors (Lipinski definition) is 3. The number of guanidine groups is 1. The maximum atomic E-state index is 8.83. The van der Waals surface area contributed by atoms with Crippen molar-refractivity contribution in [3.63, 3.8) is 0 Å². The fourth-order valence-electron chi connectivity index (χ4n) is 2.13. The predicted octanol–water partition coefficient (Wildman–Crippen LogP) is 2.82. The molecule has 2 rings (SSSR count). The van der Waals surface area contributed by atoms with Crippen LogP contribution in [0.1, 0.15) is 23.6 Å². The smallest absolute Gasteiger partial charge is 0.191 e. The molecule has 0 unspecified atom stereocenters. The molecule has 2 aromatic rings. The van der Waals surface area contributed by atoms with E-state index >= 15 is 0 Å². The lowest BCUT2D eigenvalue weighted by Gasteiger charge is -2.11. The van der Waals surface area contributed by atoms with Crippen LogP contribution in [0.5, 0.6) is 5.75 Å². The molecule has 0 aromatic heterocycles. The highest BCUT2D eigenvalue weighted by Gasteiger charge is 2.00. The molecule has 0 radical (unpaired) electrons. The Morgan fingerprint density at radius 3 is 2.29 bits per heavy atom. The van der Waals surface area contributed by atoms with E-state index in [2.05, 4.69) is 21.7 Å². The standard InChI is InChI=1S/C19H22N4O/c1-3-21-19(22-13-16-6-4-15(12-20)5-7-16)23-14-17-8-10-18(24-2)11-9-17/h4-11H,3,13-14H2,1-2H3,(H2,21,22,23). The van der Waals surface area contributed by atoms with Gasteiger partial charge in [0.25, 0.3) is 0 Å². The first-order chi connectivity index (χ1) is 11.7. The lowest BCUT2D eigenvalue weighted by molar-refractivity contribution is 0.414. The Bertz CT molecular complexity index is 700. The molecule has 0 aliphatic carbocycles. The van der Waals surface area contributed by atoms with Gasteiger partial charge in [0.1, 0.15) is 5.75 Å². The molecule has 0 aliphatic heterocycles. The van der Waals surface area contributed by atoms with Crippen molar-refractivity contribution in [2.45, 2.75) is 20.0 Å². The quantitative estimate of drug-likeness (QED) is 0.634. The topological polar surface area (TPSA) is 69.4 Å². The fourth-order valence-corrected chi connectivity index (χ4v) is 2.13. The van der Waals surface area contributed by atoms with Crippen molar-refractivity contribution in [3.05, 3.63) is 65.2 Å². The normalized spacial score (nSPS) is 10.8. The number of nitrogens with one attached hydrogen (secondary N) is 2. The minimum absolute atomic E-state index is 0.590. The number of nitriles is 1. The fraction of sp³-hybridized carbons (Fsp3) is 0.263. The molecule has 0 bridgehead atoms. The van der Waals surface area contributed by atoms with Crippen LogP contribution in [-0.4, -0.2) is 19.6 Å². The van der Waals surface area contributed by atoms with Crippen molar-refractivity contribution in [2.75, 3.05) is 13.7 Å². The minimum Gasteiger partial charge on any atom is -0.497 e. The van der Waals surface area contributed by atoms with E-state index in [0.717, 1.165) is 29.4 Å². The van der Waals surface area contributed by atoms with Gasteiger partial charge in [-0.3, -0.25) is 0 Å². The van der Waals surface area contributed by atoms with Crippen LogP contribution in [-0.2, 0) is 13.1 Å². The average Bonchev–Trinajstić information content (AvgIpc) is 2.65. The van der Waals surface area contributed by atoms with E-state index in [9.17, 15) is 0 Å². The van der Waals surface area contributed by atoms with Gasteiger partial charge in [0.05, 0.1) is 25.3 Å². The van der Waals surface area contributed by atoms with Crippen molar-refractivity contribution in [3.8, 4) is 11.8 Å². The van der Waals surface area contributed by atoms with Crippen LogP contribution < -0.4 is 15.4 Å². The van der Waals surface area contributed by atoms with Gasteiger partial charge >= 0.3 is 0 Å².